The average Bonchev–Trinajstić information content (AvgIpc) is 2.48. The Balaban J connectivity index is 1.95. The molecule has 2 rings (SSSR count). The Morgan fingerprint density at radius 1 is 1.48 bits per heavy atom. The molecule has 0 bridgehead atoms. The number of hydrogen-bond donors (Lipinski definition) is 1. The van der Waals surface area contributed by atoms with Gasteiger partial charge < -0.3 is 14.7 Å². The highest BCUT2D eigenvalue weighted by molar-refractivity contribution is 5.38. The van der Waals surface area contributed by atoms with E-state index in [2.05, 4.69) is 23.8 Å². The second-order valence-corrected chi connectivity index (χ2v) is 5.55. The van der Waals surface area contributed by atoms with Crippen LogP contribution in [0, 0.1) is 23.6 Å². The molecule has 0 spiro atoms. The summed E-state index contributed by atoms with van der Waals surface area (Å²) in [5.41, 5.74) is 1.37. The lowest BCUT2D eigenvalue weighted by Crippen LogP contribution is -2.30. The molecule has 1 aromatic carbocycles. The van der Waals surface area contributed by atoms with Gasteiger partial charge in [-0.2, -0.15) is 0 Å². The van der Waals surface area contributed by atoms with E-state index in [9.17, 15) is 4.39 Å². The summed E-state index contributed by atoms with van der Waals surface area (Å²) in [5, 5.41) is 8.70. The predicted octanol–water partition coefficient (Wildman–Crippen LogP) is 2.03. The third-order valence-electron chi connectivity index (χ3n) is 3.61. The summed E-state index contributed by atoms with van der Waals surface area (Å²) in [7, 11) is 2.07. The molecule has 0 aliphatic carbocycles. The molecule has 1 atom stereocenters. The maximum atomic E-state index is 13.6. The van der Waals surface area contributed by atoms with Crippen molar-refractivity contribution in [2.75, 3.05) is 33.4 Å². The van der Waals surface area contributed by atoms with Crippen LogP contribution >= 0.6 is 0 Å². The minimum absolute atomic E-state index is 0.259. The number of aliphatic hydroxyl groups excluding tert-OH is 1. The van der Waals surface area contributed by atoms with E-state index < -0.39 is 0 Å². The molecule has 0 aromatic heterocycles. The molecule has 4 heteroatoms. The van der Waals surface area contributed by atoms with E-state index in [0.29, 0.717) is 11.5 Å². The van der Waals surface area contributed by atoms with Gasteiger partial charge in [-0.25, -0.2) is 4.39 Å². The van der Waals surface area contributed by atoms with Crippen LogP contribution in [0.15, 0.2) is 18.2 Å². The lowest BCUT2D eigenvalue weighted by Gasteiger charge is -2.27. The van der Waals surface area contributed by atoms with E-state index in [1.165, 1.54) is 12.5 Å². The fraction of sp³-hybridized carbons (Fsp3) is 0.529. The summed E-state index contributed by atoms with van der Waals surface area (Å²) in [6.45, 7) is 3.19. The molecular weight excluding hydrogens is 269 g/mol. The topological polar surface area (TPSA) is 32.7 Å². The van der Waals surface area contributed by atoms with Crippen molar-refractivity contribution in [2.24, 2.45) is 5.92 Å². The lowest BCUT2D eigenvalue weighted by molar-refractivity contribution is 0.0411. The third-order valence-corrected chi connectivity index (χ3v) is 3.61. The average molecular weight is 291 g/mol. The molecule has 1 unspecified atom stereocenters. The third kappa shape index (κ3) is 5.13. The van der Waals surface area contributed by atoms with E-state index in [0.717, 1.165) is 38.3 Å². The highest BCUT2D eigenvalue weighted by Crippen LogP contribution is 2.16. The van der Waals surface area contributed by atoms with Crippen molar-refractivity contribution in [1.82, 2.24) is 4.90 Å². The second kappa shape index (κ2) is 8.14. The van der Waals surface area contributed by atoms with Crippen molar-refractivity contribution in [3.8, 4) is 11.8 Å². The van der Waals surface area contributed by atoms with Crippen molar-refractivity contribution in [3.05, 3.63) is 35.1 Å². The Bertz CT molecular complexity index is 515. The number of nitrogens with zero attached hydrogens (tertiary/aromatic N) is 1. The molecular formula is C17H22FNO2. The quantitative estimate of drug-likeness (QED) is 0.862. The number of rotatable bonds is 4. The van der Waals surface area contributed by atoms with Crippen LogP contribution in [0.1, 0.15) is 24.0 Å². The lowest BCUT2D eigenvalue weighted by atomic mass is 10.0. The first-order valence-electron chi connectivity index (χ1n) is 7.33. The Hall–Kier alpha value is -1.41. The summed E-state index contributed by atoms with van der Waals surface area (Å²) in [6, 6.07) is 4.98. The van der Waals surface area contributed by atoms with Crippen molar-refractivity contribution < 1.29 is 14.2 Å². The largest absolute Gasteiger partial charge is 0.384 e. The molecule has 1 N–H and O–H groups in total. The summed E-state index contributed by atoms with van der Waals surface area (Å²) >= 11 is 0. The zero-order valence-corrected chi connectivity index (χ0v) is 12.4. The van der Waals surface area contributed by atoms with E-state index in [1.807, 2.05) is 0 Å². The molecule has 0 radical (unpaired) electrons. The van der Waals surface area contributed by atoms with Gasteiger partial charge in [-0.05, 0) is 43.5 Å². The SMILES string of the molecule is CN(Cc1ccc(F)c(C#CCO)c1)CC1CCCOC1. The van der Waals surface area contributed by atoms with Crippen LogP contribution in [0.4, 0.5) is 4.39 Å². The van der Waals surface area contributed by atoms with Crippen LogP contribution in [0.25, 0.3) is 0 Å². The highest BCUT2D eigenvalue weighted by Gasteiger charge is 2.16. The smallest absolute Gasteiger partial charge is 0.138 e. The summed E-state index contributed by atoms with van der Waals surface area (Å²) < 4.78 is 19.1. The minimum Gasteiger partial charge on any atom is -0.384 e. The van der Waals surface area contributed by atoms with Gasteiger partial charge in [-0.1, -0.05) is 17.9 Å². The van der Waals surface area contributed by atoms with E-state index in [1.54, 1.807) is 12.1 Å². The van der Waals surface area contributed by atoms with Gasteiger partial charge in [0.05, 0.1) is 12.2 Å². The molecule has 1 aliphatic rings. The van der Waals surface area contributed by atoms with Gasteiger partial charge in [0, 0.05) is 19.7 Å². The first-order chi connectivity index (χ1) is 10.2. The van der Waals surface area contributed by atoms with Crippen LogP contribution in [-0.4, -0.2) is 43.4 Å². The van der Waals surface area contributed by atoms with Crippen LogP contribution in [0.3, 0.4) is 0 Å². The normalized spacial score (nSPS) is 18.4. The van der Waals surface area contributed by atoms with Crippen molar-refractivity contribution in [3.63, 3.8) is 0 Å². The molecule has 1 heterocycles. The number of halogens is 1. The van der Waals surface area contributed by atoms with Gasteiger partial charge in [0.1, 0.15) is 12.4 Å². The fourth-order valence-corrected chi connectivity index (χ4v) is 2.67. The maximum Gasteiger partial charge on any atom is 0.138 e. The zero-order chi connectivity index (χ0) is 15.1. The van der Waals surface area contributed by atoms with Gasteiger partial charge in [0.2, 0.25) is 0 Å². The van der Waals surface area contributed by atoms with Gasteiger partial charge in [0.25, 0.3) is 0 Å². The van der Waals surface area contributed by atoms with Crippen molar-refractivity contribution >= 4 is 0 Å². The zero-order valence-electron chi connectivity index (χ0n) is 12.4. The van der Waals surface area contributed by atoms with Crippen molar-refractivity contribution in [2.45, 2.75) is 19.4 Å². The molecule has 0 saturated carbocycles. The first kappa shape index (κ1) is 16.0. The number of benzene rings is 1. The van der Waals surface area contributed by atoms with E-state index in [-0.39, 0.29) is 12.4 Å². The van der Waals surface area contributed by atoms with Crippen LogP contribution in [-0.2, 0) is 11.3 Å². The standard InChI is InChI=1S/C17H22FNO2/c1-19(12-15-4-3-9-21-13-15)11-14-6-7-17(18)16(10-14)5-2-8-20/h6-7,10,15,20H,3-4,8-9,11-13H2,1H3. The Labute approximate surface area is 125 Å². The van der Waals surface area contributed by atoms with Crippen LogP contribution in [0.5, 0.6) is 0 Å². The molecule has 0 amide bonds. The second-order valence-electron chi connectivity index (χ2n) is 5.55. The van der Waals surface area contributed by atoms with Crippen LogP contribution in [0.2, 0.25) is 0 Å². The monoisotopic (exact) mass is 291 g/mol. The van der Waals surface area contributed by atoms with Gasteiger partial charge in [-0.3, -0.25) is 0 Å². The minimum atomic E-state index is -0.344. The van der Waals surface area contributed by atoms with Gasteiger partial charge in [-0.15, -0.1) is 0 Å². The van der Waals surface area contributed by atoms with Gasteiger partial charge >= 0.3 is 0 Å². The highest BCUT2D eigenvalue weighted by atomic mass is 19.1. The number of ether oxygens (including phenoxy) is 1. The Kier molecular flexibility index (Phi) is 6.19. The molecule has 1 aromatic rings. The fourth-order valence-electron chi connectivity index (χ4n) is 2.67. The number of aliphatic hydroxyl groups is 1. The summed E-state index contributed by atoms with van der Waals surface area (Å²) in [6.07, 6.45) is 2.34. The van der Waals surface area contributed by atoms with Crippen LogP contribution < -0.4 is 0 Å². The van der Waals surface area contributed by atoms with Gasteiger partial charge in [0.15, 0.2) is 0 Å². The Morgan fingerprint density at radius 2 is 2.33 bits per heavy atom. The summed E-state index contributed by atoms with van der Waals surface area (Å²) in [4.78, 5) is 2.23. The van der Waals surface area contributed by atoms with Crippen molar-refractivity contribution in [1.29, 1.82) is 0 Å². The molecule has 21 heavy (non-hydrogen) atoms. The summed E-state index contributed by atoms with van der Waals surface area (Å²) in [5.74, 6) is 5.37. The molecule has 1 saturated heterocycles. The molecule has 114 valence electrons. The molecule has 1 aliphatic heterocycles. The number of hydrogen-bond acceptors (Lipinski definition) is 3. The Morgan fingerprint density at radius 3 is 3.05 bits per heavy atom. The van der Waals surface area contributed by atoms with E-state index >= 15 is 0 Å². The maximum absolute atomic E-state index is 13.6. The predicted molar refractivity (Wildman–Crippen MR) is 80.2 cm³/mol. The molecule has 1 fully saturated rings. The molecule has 3 nitrogen and oxygen atoms in total. The first-order valence-corrected chi connectivity index (χ1v) is 7.33. The van der Waals surface area contributed by atoms with E-state index in [4.69, 9.17) is 9.84 Å².